The zero-order chi connectivity index (χ0) is 13.4. The van der Waals surface area contributed by atoms with Gasteiger partial charge in [0.15, 0.2) is 0 Å². The monoisotopic (exact) mass is 260 g/mol. The van der Waals surface area contributed by atoms with Crippen molar-refractivity contribution in [3.63, 3.8) is 0 Å². The number of hydrogen-bond acceptors (Lipinski definition) is 3. The summed E-state index contributed by atoms with van der Waals surface area (Å²) in [4.78, 5) is 16.7. The van der Waals surface area contributed by atoms with Gasteiger partial charge in [0.2, 0.25) is 0 Å². The molecule has 4 heteroatoms. The maximum absolute atomic E-state index is 12.4. The van der Waals surface area contributed by atoms with Gasteiger partial charge in [-0.3, -0.25) is 9.69 Å². The van der Waals surface area contributed by atoms with Crippen molar-refractivity contribution in [1.82, 2.24) is 9.80 Å². The van der Waals surface area contributed by atoms with E-state index in [2.05, 4.69) is 4.90 Å². The van der Waals surface area contributed by atoms with Crippen molar-refractivity contribution in [3.8, 4) is 5.75 Å². The number of carbonyl (C=O) groups excluding carboxylic acids is 1. The number of hydrogen-bond donors (Lipinski definition) is 1. The van der Waals surface area contributed by atoms with E-state index < -0.39 is 0 Å². The largest absolute Gasteiger partial charge is 0.507 e. The lowest BCUT2D eigenvalue weighted by atomic mass is 10.1. The summed E-state index contributed by atoms with van der Waals surface area (Å²) in [5, 5.41) is 9.88. The Morgan fingerprint density at radius 2 is 1.89 bits per heavy atom. The molecule has 0 spiro atoms. The van der Waals surface area contributed by atoms with Gasteiger partial charge in [-0.15, -0.1) is 0 Å². The molecule has 1 aromatic rings. The third-order valence-corrected chi connectivity index (χ3v) is 4.05. The van der Waals surface area contributed by atoms with Crippen LogP contribution >= 0.6 is 0 Å². The smallest absolute Gasteiger partial charge is 0.257 e. The van der Waals surface area contributed by atoms with Gasteiger partial charge in [0.05, 0.1) is 5.56 Å². The highest BCUT2D eigenvalue weighted by atomic mass is 16.3. The Balaban J connectivity index is 1.67. The molecule has 0 radical (unpaired) electrons. The average Bonchev–Trinajstić information content (AvgIpc) is 3.22. The molecule has 4 nitrogen and oxygen atoms in total. The third kappa shape index (κ3) is 2.59. The van der Waals surface area contributed by atoms with E-state index in [1.165, 1.54) is 12.8 Å². The predicted molar refractivity (Wildman–Crippen MR) is 73.3 cm³/mol. The molecule has 1 N–H and O–H groups in total. The van der Waals surface area contributed by atoms with Crippen molar-refractivity contribution < 1.29 is 9.90 Å². The standard InChI is InChI=1S/C15H20N2O2/c1-11-2-5-13(14(18)10-11)15(19)17-8-6-16(7-9-17)12-3-4-12/h2,5,10,12,18H,3-4,6-9H2,1H3. The van der Waals surface area contributed by atoms with E-state index in [1.54, 1.807) is 12.1 Å². The third-order valence-electron chi connectivity index (χ3n) is 4.05. The first-order valence-electron chi connectivity index (χ1n) is 6.98. The maximum Gasteiger partial charge on any atom is 0.257 e. The zero-order valence-corrected chi connectivity index (χ0v) is 11.3. The average molecular weight is 260 g/mol. The number of aryl methyl sites for hydroxylation is 1. The number of phenolic OH excluding ortho intramolecular Hbond substituents is 1. The predicted octanol–water partition coefficient (Wildman–Crippen LogP) is 1.62. The van der Waals surface area contributed by atoms with Crippen LogP contribution in [0.5, 0.6) is 5.75 Å². The molecule has 3 rings (SSSR count). The number of rotatable bonds is 2. The summed E-state index contributed by atoms with van der Waals surface area (Å²) in [5.74, 6) is 0.0440. The second-order valence-corrected chi connectivity index (χ2v) is 5.58. The molecule has 19 heavy (non-hydrogen) atoms. The minimum absolute atomic E-state index is 0.0482. The van der Waals surface area contributed by atoms with Crippen LogP contribution in [-0.4, -0.2) is 53.0 Å². The number of piperazine rings is 1. The number of benzene rings is 1. The van der Waals surface area contributed by atoms with Crippen LogP contribution in [0.3, 0.4) is 0 Å². The van der Waals surface area contributed by atoms with Crippen LogP contribution in [0.15, 0.2) is 18.2 Å². The first-order valence-corrected chi connectivity index (χ1v) is 6.98. The quantitative estimate of drug-likeness (QED) is 0.879. The summed E-state index contributed by atoms with van der Waals surface area (Å²) in [5.41, 5.74) is 1.39. The first kappa shape index (κ1) is 12.5. The van der Waals surface area contributed by atoms with Crippen LogP contribution in [0, 0.1) is 6.92 Å². The molecule has 0 aromatic heterocycles. The minimum atomic E-state index is -0.0482. The number of nitrogens with zero attached hydrogens (tertiary/aromatic N) is 2. The molecule has 2 fully saturated rings. The van der Waals surface area contributed by atoms with E-state index in [0.717, 1.165) is 37.8 Å². The normalized spacial score (nSPS) is 20.6. The van der Waals surface area contributed by atoms with Gasteiger partial charge in [0.1, 0.15) is 5.75 Å². The molecule has 0 atom stereocenters. The molecule has 1 heterocycles. The lowest BCUT2D eigenvalue weighted by Gasteiger charge is -2.35. The Bertz CT molecular complexity index is 489. The second-order valence-electron chi connectivity index (χ2n) is 5.58. The second kappa shape index (κ2) is 4.85. The molecule has 102 valence electrons. The van der Waals surface area contributed by atoms with Gasteiger partial charge in [-0.05, 0) is 37.5 Å². The summed E-state index contributed by atoms with van der Waals surface area (Å²) >= 11 is 0. The van der Waals surface area contributed by atoms with E-state index in [1.807, 2.05) is 17.9 Å². The number of phenols is 1. The van der Waals surface area contributed by atoms with Crippen LogP contribution in [0.1, 0.15) is 28.8 Å². The fourth-order valence-corrected chi connectivity index (χ4v) is 2.72. The molecule has 2 aliphatic rings. The lowest BCUT2D eigenvalue weighted by molar-refractivity contribution is 0.0624. The van der Waals surface area contributed by atoms with Gasteiger partial charge in [-0.1, -0.05) is 6.07 Å². The highest BCUT2D eigenvalue weighted by Crippen LogP contribution is 2.28. The van der Waals surface area contributed by atoms with Crippen LogP contribution in [-0.2, 0) is 0 Å². The Labute approximate surface area is 113 Å². The van der Waals surface area contributed by atoms with E-state index in [9.17, 15) is 9.90 Å². The van der Waals surface area contributed by atoms with Crippen molar-refractivity contribution in [2.24, 2.45) is 0 Å². The van der Waals surface area contributed by atoms with Crippen molar-refractivity contribution in [1.29, 1.82) is 0 Å². The molecule has 1 saturated carbocycles. The molecular formula is C15H20N2O2. The highest BCUT2D eigenvalue weighted by Gasteiger charge is 2.32. The molecule has 1 aromatic carbocycles. The lowest BCUT2D eigenvalue weighted by Crippen LogP contribution is -2.49. The summed E-state index contributed by atoms with van der Waals surface area (Å²) < 4.78 is 0. The summed E-state index contributed by atoms with van der Waals surface area (Å²) in [6.07, 6.45) is 2.62. The summed E-state index contributed by atoms with van der Waals surface area (Å²) in [7, 11) is 0. The SMILES string of the molecule is Cc1ccc(C(=O)N2CCN(C3CC3)CC2)c(O)c1. The number of aromatic hydroxyl groups is 1. The van der Waals surface area contributed by atoms with Gasteiger partial charge in [0, 0.05) is 32.2 Å². The van der Waals surface area contributed by atoms with E-state index >= 15 is 0 Å². The Morgan fingerprint density at radius 3 is 2.47 bits per heavy atom. The van der Waals surface area contributed by atoms with Crippen molar-refractivity contribution in [2.75, 3.05) is 26.2 Å². The zero-order valence-electron chi connectivity index (χ0n) is 11.3. The molecule has 1 aliphatic carbocycles. The van der Waals surface area contributed by atoms with Crippen LogP contribution < -0.4 is 0 Å². The Morgan fingerprint density at radius 1 is 1.21 bits per heavy atom. The van der Waals surface area contributed by atoms with E-state index in [0.29, 0.717) is 5.56 Å². The van der Waals surface area contributed by atoms with Gasteiger partial charge >= 0.3 is 0 Å². The molecule has 1 amide bonds. The van der Waals surface area contributed by atoms with Gasteiger partial charge in [-0.2, -0.15) is 0 Å². The van der Waals surface area contributed by atoms with Gasteiger partial charge in [-0.25, -0.2) is 0 Å². The van der Waals surface area contributed by atoms with E-state index in [4.69, 9.17) is 0 Å². The molecule has 0 unspecified atom stereocenters. The fourth-order valence-electron chi connectivity index (χ4n) is 2.72. The number of carbonyl (C=O) groups is 1. The molecule has 1 saturated heterocycles. The molecule has 0 bridgehead atoms. The van der Waals surface area contributed by atoms with Gasteiger partial charge < -0.3 is 10.0 Å². The van der Waals surface area contributed by atoms with Gasteiger partial charge in [0.25, 0.3) is 5.91 Å². The summed E-state index contributed by atoms with van der Waals surface area (Å²) in [6.45, 7) is 5.36. The van der Waals surface area contributed by atoms with Crippen LogP contribution in [0.4, 0.5) is 0 Å². The van der Waals surface area contributed by atoms with Crippen molar-refractivity contribution in [2.45, 2.75) is 25.8 Å². The maximum atomic E-state index is 12.4. The minimum Gasteiger partial charge on any atom is -0.507 e. The Kier molecular flexibility index (Phi) is 3.19. The molecular weight excluding hydrogens is 240 g/mol. The number of amides is 1. The first-order chi connectivity index (χ1) is 9.15. The topological polar surface area (TPSA) is 43.8 Å². The van der Waals surface area contributed by atoms with Crippen molar-refractivity contribution >= 4 is 5.91 Å². The fraction of sp³-hybridized carbons (Fsp3) is 0.533. The van der Waals surface area contributed by atoms with Crippen molar-refractivity contribution in [3.05, 3.63) is 29.3 Å². The van der Waals surface area contributed by atoms with E-state index in [-0.39, 0.29) is 11.7 Å². The highest BCUT2D eigenvalue weighted by molar-refractivity contribution is 5.97. The van der Waals surface area contributed by atoms with Crippen LogP contribution in [0.2, 0.25) is 0 Å². The molecule has 1 aliphatic heterocycles. The van der Waals surface area contributed by atoms with Crippen LogP contribution in [0.25, 0.3) is 0 Å². The Hall–Kier alpha value is -1.55. The summed E-state index contributed by atoms with van der Waals surface area (Å²) in [6, 6.07) is 6.01.